The predicted molar refractivity (Wildman–Crippen MR) is 130 cm³/mol. The maximum Gasteiger partial charge on any atom is 0.241 e. The van der Waals surface area contributed by atoms with Crippen LogP contribution in [0, 0.1) is 5.82 Å². The number of benzene rings is 3. The number of pyridine rings is 1. The summed E-state index contributed by atoms with van der Waals surface area (Å²) in [6.45, 7) is 0. The molecule has 0 aliphatic carbocycles. The molecule has 2 aromatic heterocycles. The van der Waals surface area contributed by atoms with Crippen LogP contribution in [0.25, 0.3) is 16.5 Å². The normalized spacial score (nSPS) is 13.4. The molecule has 3 heterocycles. The number of aromatic nitrogens is 5. The predicted octanol–water partition coefficient (Wildman–Crippen LogP) is 3.95. The lowest BCUT2D eigenvalue weighted by molar-refractivity contribution is -0.124. The highest BCUT2D eigenvalue weighted by atomic mass is 19.1. The maximum atomic E-state index is 14.1. The number of nitrogens with one attached hydrogen (secondary N) is 1. The number of amides is 2. The van der Waals surface area contributed by atoms with Crippen LogP contribution in [0.4, 0.5) is 21.5 Å². The Morgan fingerprint density at radius 2 is 1.72 bits per heavy atom. The van der Waals surface area contributed by atoms with E-state index in [0.717, 1.165) is 10.8 Å². The van der Waals surface area contributed by atoms with Gasteiger partial charge in [0.1, 0.15) is 12.2 Å². The molecular weight excluding hydrogens is 461 g/mol. The lowest BCUT2D eigenvalue weighted by Gasteiger charge is -2.23. The molecule has 0 saturated carbocycles. The first-order chi connectivity index (χ1) is 17.6. The fourth-order valence-electron chi connectivity index (χ4n) is 4.35. The molecular formula is C26H18FN7O2. The summed E-state index contributed by atoms with van der Waals surface area (Å²) in [6, 6.07) is 21.3. The summed E-state index contributed by atoms with van der Waals surface area (Å²) in [6.07, 6.45) is 1.35. The fraction of sp³-hybridized carbons (Fsp3) is 0.0769. The number of carbonyl (C=O) groups is 2. The number of nitrogens with zero attached hydrogens (tertiary/aromatic N) is 6. The molecule has 0 radical (unpaired) electrons. The largest absolute Gasteiger partial charge is 0.323 e. The van der Waals surface area contributed by atoms with Gasteiger partial charge in [-0.05, 0) is 58.3 Å². The highest BCUT2D eigenvalue weighted by Gasteiger charge is 2.28. The number of fused-ring (bicyclic) bond motifs is 3. The quantitative estimate of drug-likeness (QED) is 0.392. The summed E-state index contributed by atoms with van der Waals surface area (Å²) in [5, 5.41) is 16.5. The van der Waals surface area contributed by atoms with Crippen molar-refractivity contribution in [2.45, 2.75) is 12.8 Å². The van der Waals surface area contributed by atoms with Crippen molar-refractivity contribution in [3.05, 3.63) is 96.3 Å². The molecule has 0 saturated heterocycles. The summed E-state index contributed by atoms with van der Waals surface area (Å²) >= 11 is 0. The van der Waals surface area contributed by atoms with Gasteiger partial charge < -0.3 is 5.32 Å². The van der Waals surface area contributed by atoms with E-state index < -0.39 is 5.82 Å². The molecule has 1 aliphatic rings. The number of carbonyl (C=O) groups excluding carboxylic acids is 2. The molecule has 0 atom stereocenters. The summed E-state index contributed by atoms with van der Waals surface area (Å²) < 4.78 is 15.6. The number of hydrogen-bond donors (Lipinski definition) is 1. The second-order valence-corrected chi connectivity index (χ2v) is 8.27. The van der Waals surface area contributed by atoms with Gasteiger partial charge in [-0.2, -0.15) is 4.68 Å². The lowest BCUT2D eigenvalue weighted by Crippen LogP contribution is -2.26. The molecule has 0 spiro atoms. The number of anilines is 3. The van der Waals surface area contributed by atoms with E-state index >= 15 is 0 Å². The minimum atomic E-state index is -0.434. The molecule has 10 heteroatoms. The van der Waals surface area contributed by atoms with Crippen molar-refractivity contribution in [2.24, 2.45) is 0 Å². The van der Waals surface area contributed by atoms with Gasteiger partial charge in [0, 0.05) is 17.3 Å². The highest BCUT2D eigenvalue weighted by Crippen LogP contribution is 2.40. The zero-order valence-electron chi connectivity index (χ0n) is 18.8. The lowest BCUT2D eigenvalue weighted by atomic mass is 10.1. The smallest absolute Gasteiger partial charge is 0.241 e. The molecule has 0 fully saturated rings. The second-order valence-electron chi connectivity index (χ2n) is 8.27. The van der Waals surface area contributed by atoms with Crippen LogP contribution < -0.4 is 10.2 Å². The van der Waals surface area contributed by atoms with Gasteiger partial charge >= 0.3 is 0 Å². The van der Waals surface area contributed by atoms with Crippen LogP contribution >= 0.6 is 0 Å². The first-order valence-electron chi connectivity index (χ1n) is 11.2. The van der Waals surface area contributed by atoms with Crippen LogP contribution in [0.1, 0.15) is 17.9 Å². The minimum Gasteiger partial charge on any atom is -0.323 e. The van der Waals surface area contributed by atoms with Gasteiger partial charge in [-0.25, -0.2) is 4.39 Å². The van der Waals surface area contributed by atoms with Crippen molar-refractivity contribution in [1.82, 2.24) is 25.2 Å². The average molecular weight is 479 g/mol. The molecule has 0 bridgehead atoms. The summed E-state index contributed by atoms with van der Waals surface area (Å²) in [5.74, 6) is -0.728. The van der Waals surface area contributed by atoms with Crippen LogP contribution in [0.5, 0.6) is 0 Å². The van der Waals surface area contributed by atoms with E-state index in [1.54, 1.807) is 24.3 Å². The number of hydrogen-bond acceptors (Lipinski definition) is 6. The molecule has 0 unspecified atom stereocenters. The highest BCUT2D eigenvalue weighted by molar-refractivity contribution is 6.21. The van der Waals surface area contributed by atoms with Crippen molar-refractivity contribution in [3.63, 3.8) is 0 Å². The Kier molecular flexibility index (Phi) is 5.18. The van der Waals surface area contributed by atoms with E-state index in [0.29, 0.717) is 28.6 Å². The van der Waals surface area contributed by atoms with Gasteiger partial charge in [-0.3, -0.25) is 19.5 Å². The van der Waals surface area contributed by atoms with Crippen LogP contribution in [0.2, 0.25) is 0 Å². The maximum absolute atomic E-state index is 14.1. The molecule has 36 heavy (non-hydrogen) atoms. The summed E-state index contributed by atoms with van der Waals surface area (Å²) in [4.78, 5) is 31.2. The first kappa shape index (κ1) is 21.5. The Morgan fingerprint density at radius 3 is 2.56 bits per heavy atom. The SMILES string of the molecule is O=C1CC(=O)N(c2ccc(-n3nnnc3Cc3ncccc3F)cc2)c2ccc3ccccc3c2N1. The van der Waals surface area contributed by atoms with Crippen LogP contribution in [0.15, 0.2) is 79.0 Å². The summed E-state index contributed by atoms with van der Waals surface area (Å²) in [5.41, 5.74) is 2.63. The van der Waals surface area contributed by atoms with Gasteiger partial charge in [-0.15, -0.1) is 5.10 Å². The summed E-state index contributed by atoms with van der Waals surface area (Å²) in [7, 11) is 0. The van der Waals surface area contributed by atoms with Crippen molar-refractivity contribution < 1.29 is 14.0 Å². The second kappa shape index (κ2) is 8.66. The molecule has 176 valence electrons. The number of tetrazole rings is 1. The van der Waals surface area contributed by atoms with E-state index in [-0.39, 0.29) is 30.3 Å². The third-order valence-electron chi connectivity index (χ3n) is 6.02. The monoisotopic (exact) mass is 479 g/mol. The van der Waals surface area contributed by atoms with Gasteiger partial charge in [0.25, 0.3) is 0 Å². The standard InChI is InChI=1S/C26H18FN7O2/c27-20-6-3-13-28-21(20)14-23-30-31-32-34(23)18-10-8-17(9-11-18)33-22-12-7-16-4-1-2-5-19(16)26(22)29-24(35)15-25(33)36/h1-13H,14-15H2,(H,29,35). The van der Waals surface area contributed by atoms with Crippen LogP contribution in [0.3, 0.4) is 0 Å². The van der Waals surface area contributed by atoms with Gasteiger partial charge in [0.2, 0.25) is 11.8 Å². The minimum absolute atomic E-state index is 0.111. The molecule has 9 nitrogen and oxygen atoms in total. The Hall–Kier alpha value is -4.99. The van der Waals surface area contributed by atoms with Crippen LogP contribution in [-0.2, 0) is 16.0 Å². The molecule has 1 N–H and O–H groups in total. The first-order valence-corrected chi connectivity index (χ1v) is 11.2. The van der Waals surface area contributed by atoms with E-state index in [1.165, 1.54) is 27.9 Å². The Morgan fingerprint density at radius 1 is 0.917 bits per heavy atom. The fourth-order valence-corrected chi connectivity index (χ4v) is 4.35. The van der Waals surface area contributed by atoms with Crippen molar-refractivity contribution in [1.29, 1.82) is 0 Å². The number of halogens is 1. The average Bonchev–Trinajstić information content (AvgIpc) is 3.30. The van der Waals surface area contributed by atoms with E-state index in [2.05, 4.69) is 25.8 Å². The molecule has 3 aromatic carbocycles. The van der Waals surface area contributed by atoms with E-state index in [4.69, 9.17) is 0 Å². The Bertz CT molecular complexity index is 1630. The Balaban J connectivity index is 1.38. The van der Waals surface area contributed by atoms with Gasteiger partial charge in [-0.1, -0.05) is 30.3 Å². The Labute approximate surface area is 204 Å². The number of rotatable bonds is 4. The zero-order chi connectivity index (χ0) is 24.6. The molecule has 5 aromatic rings. The third kappa shape index (κ3) is 3.74. The van der Waals surface area contributed by atoms with Crippen molar-refractivity contribution >= 4 is 39.6 Å². The molecule has 2 amide bonds. The van der Waals surface area contributed by atoms with Crippen molar-refractivity contribution in [3.8, 4) is 5.69 Å². The van der Waals surface area contributed by atoms with Crippen molar-refractivity contribution in [2.75, 3.05) is 10.2 Å². The van der Waals surface area contributed by atoms with E-state index in [1.807, 2.05) is 36.4 Å². The van der Waals surface area contributed by atoms with Gasteiger partial charge in [0.05, 0.1) is 29.2 Å². The topological polar surface area (TPSA) is 106 Å². The van der Waals surface area contributed by atoms with Gasteiger partial charge in [0.15, 0.2) is 5.82 Å². The molecule has 6 rings (SSSR count). The van der Waals surface area contributed by atoms with Crippen LogP contribution in [-0.4, -0.2) is 37.0 Å². The zero-order valence-corrected chi connectivity index (χ0v) is 18.8. The third-order valence-corrected chi connectivity index (χ3v) is 6.02. The van der Waals surface area contributed by atoms with E-state index in [9.17, 15) is 14.0 Å². The molecule has 1 aliphatic heterocycles.